The molecule has 0 aliphatic heterocycles. The first-order valence-electron chi connectivity index (χ1n) is 6.59. The molecular weight excluding hydrogens is 250 g/mol. The quantitative estimate of drug-likeness (QED) is 0.932. The lowest BCUT2D eigenvalue weighted by atomic mass is 10.0. The van der Waals surface area contributed by atoms with Crippen LogP contribution in [0.5, 0.6) is 0 Å². The van der Waals surface area contributed by atoms with E-state index in [9.17, 15) is 4.79 Å². The van der Waals surface area contributed by atoms with Gasteiger partial charge in [0.1, 0.15) is 0 Å². The predicted octanol–water partition coefficient (Wildman–Crippen LogP) is 2.93. The van der Waals surface area contributed by atoms with E-state index in [0.717, 1.165) is 27.8 Å². The molecule has 0 saturated carbocycles. The zero-order valence-electron chi connectivity index (χ0n) is 12.7. The van der Waals surface area contributed by atoms with Gasteiger partial charge in [-0.1, -0.05) is 12.1 Å². The minimum atomic E-state index is -0.0563. The molecule has 1 N–H and O–H groups in total. The molecule has 0 spiro atoms. The Kier molecular flexibility index (Phi) is 3.84. The lowest BCUT2D eigenvalue weighted by Gasteiger charge is -2.23. The molecule has 1 amide bonds. The van der Waals surface area contributed by atoms with Gasteiger partial charge >= 0.3 is 0 Å². The average Bonchev–Trinajstić information content (AvgIpc) is 2.37. The van der Waals surface area contributed by atoms with E-state index in [1.54, 1.807) is 0 Å². The molecule has 0 aromatic heterocycles. The molecule has 2 rings (SSSR count). The van der Waals surface area contributed by atoms with Crippen LogP contribution in [0.1, 0.15) is 6.92 Å². The van der Waals surface area contributed by atoms with Gasteiger partial charge in [0.05, 0.1) is 0 Å². The van der Waals surface area contributed by atoms with Crippen molar-refractivity contribution in [3.8, 4) is 0 Å². The van der Waals surface area contributed by atoms with Gasteiger partial charge in [-0.3, -0.25) is 4.79 Å². The number of anilines is 3. The van der Waals surface area contributed by atoms with Crippen LogP contribution < -0.4 is 15.1 Å². The number of carbonyl (C=O) groups excluding carboxylic acids is 1. The number of carbonyl (C=O) groups is 1. The summed E-state index contributed by atoms with van der Waals surface area (Å²) in [5.41, 5.74) is 3.12. The van der Waals surface area contributed by atoms with Crippen molar-refractivity contribution < 1.29 is 4.79 Å². The topological polar surface area (TPSA) is 35.6 Å². The summed E-state index contributed by atoms with van der Waals surface area (Å²) in [4.78, 5) is 15.5. The smallest absolute Gasteiger partial charge is 0.221 e. The van der Waals surface area contributed by atoms with Crippen LogP contribution in [0.25, 0.3) is 10.8 Å². The third-order valence-corrected chi connectivity index (χ3v) is 3.27. The SMILES string of the molecule is CC(=O)Nc1ccc(N(C)C)c2c(N(C)C)cccc12. The molecule has 0 saturated heterocycles. The first-order valence-corrected chi connectivity index (χ1v) is 6.59. The van der Waals surface area contributed by atoms with Gasteiger partial charge in [-0.05, 0) is 18.2 Å². The lowest BCUT2D eigenvalue weighted by molar-refractivity contribution is -0.114. The summed E-state index contributed by atoms with van der Waals surface area (Å²) in [7, 11) is 8.11. The number of fused-ring (bicyclic) bond motifs is 1. The van der Waals surface area contributed by atoms with Gasteiger partial charge in [0.25, 0.3) is 0 Å². The maximum atomic E-state index is 11.4. The molecule has 0 aliphatic rings. The number of amides is 1. The van der Waals surface area contributed by atoms with Gasteiger partial charge in [-0.15, -0.1) is 0 Å². The Morgan fingerprint density at radius 3 is 2.10 bits per heavy atom. The van der Waals surface area contributed by atoms with Crippen molar-refractivity contribution in [1.82, 2.24) is 0 Å². The highest BCUT2D eigenvalue weighted by Gasteiger charge is 2.13. The fraction of sp³-hybridized carbons (Fsp3) is 0.312. The van der Waals surface area contributed by atoms with Crippen molar-refractivity contribution >= 4 is 33.7 Å². The number of nitrogens with one attached hydrogen (secondary N) is 1. The van der Waals surface area contributed by atoms with Gasteiger partial charge in [-0.25, -0.2) is 0 Å². The Bertz CT molecular complexity index is 633. The minimum absolute atomic E-state index is 0.0563. The molecule has 0 heterocycles. The molecular formula is C16H21N3O. The van der Waals surface area contributed by atoms with Crippen LogP contribution in [0, 0.1) is 0 Å². The maximum absolute atomic E-state index is 11.4. The van der Waals surface area contributed by atoms with E-state index < -0.39 is 0 Å². The van der Waals surface area contributed by atoms with Crippen LogP contribution in [0.2, 0.25) is 0 Å². The Morgan fingerprint density at radius 1 is 0.950 bits per heavy atom. The van der Waals surface area contributed by atoms with Gasteiger partial charge < -0.3 is 15.1 Å². The van der Waals surface area contributed by atoms with Crippen LogP contribution in [0.3, 0.4) is 0 Å². The summed E-state index contributed by atoms with van der Waals surface area (Å²) in [6.45, 7) is 1.53. The lowest BCUT2D eigenvalue weighted by Crippen LogP contribution is -2.14. The number of rotatable bonds is 3. The summed E-state index contributed by atoms with van der Waals surface area (Å²) in [6.07, 6.45) is 0. The van der Waals surface area contributed by atoms with Gasteiger partial charge in [0.2, 0.25) is 5.91 Å². The number of nitrogens with zero attached hydrogens (tertiary/aromatic N) is 2. The highest BCUT2D eigenvalue weighted by atomic mass is 16.1. The van der Waals surface area contributed by atoms with E-state index in [0.29, 0.717) is 0 Å². The normalized spacial score (nSPS) is 10.4. The zero-order chi connectivity index (χ0) is 14.9. The van der Waals surface area contributed by atoms with E-state index in [1.165, 1.54) is 6.92 Å². The Balaban J connectivity index is 2.80. The molecule has 0 atom stereocenters. The standard InChI is InChI=1S/C16H21N3O/c1-11(20)17-13-9-10-15(19(4)5)16-12(13)7-6-8-14(16)18(2)3/h6-10H,1-5H3,(H,17,20). The molecule has 0 radical (unpaired) electrons. The number of hydrogen-bond acceptors (Lipinski definition) is 3. The Morgan fingerprint density at radius 2 is 1.55 bits per heavy atom. The summed E-state index contributed by atoms with van der Waals surface area (Å²) >= 11 is 0. The van der Waals surface area contributed by atoms with Crippen LogP contribution in [0.4, 0.5) is 17.1 Å². The van der Waals surface area contributed by atoms with Crippen molar-refractivity contribution in [3.05, 3.63) is 30.3 Å². The summed E-state index contributed by atoms with van der Waals surface area (Å²) < 4.78 is 0. The molecule has 0 bridgehead atoms. The maximum Gasteiger partial charge on any atom is 0.221 e. The third kappa shape index (κ3) is 2.54. The molecule has 4 heteroatoms. The average molecular weight is 271 g/mol. The number of benzene rings is 2. The summed E-state index contributed by atoms with van der Waals surface area (Å²) in [5, 5.41) is 5.10. The van der Waals surface area contributed by atoms with Crippen molar-refractivity contribution in [2.45, 2.75) is 6.92 Å². The van der Waals surface area contributed by atoms with E-state index in [1.807, 2.05) is 52.5 Å². The summed E-state index contributed by atoms with van der Waals surface area (Å²) in [6, 6.07) is 10.1. The monoisotopic (exact) mass is 271 g/mol. The van der Waals surface area contributed by atoms with Crippen LogP contribution in [-0.4, -0.2) is 34.1 Å². The molecule has 106 valence electrons. The Hall–Kier alpha value is -2.23. The van der Waals surface area contributed by atoms with E-state index >= 15 is 0 Å². The third-order valence-electron chi connectivity index (χ3n) is 3.27. The highest BCUT2D eigenvalue weighted by molar-refractivity contribution is 6.11. The number of hydrogen-bond donors (Lipinski definition) is 1. The molecule has 0 fully saturated rings. The first kappa shape index (κ1) is 14.2. The molecule has 4 nitrogen and oxygen atoms in total. The van der Waals surface area contributed by atoms with Crippen LogP contribution in [-0.2, 0) is 4.79 Å². The molecule has 2 aromatic rings. The van der Waals surface area contributed by atoms with Crippen molar-refractivity contribution in [1.29, 1.82) is 0 Å². The second kappa shape index (κ2) is 5.41. The van der Waals surface area contributed by atoms with E-state index in [4.69, 9.17) is 0 Å². The molecule has 0 aliphatic carbocycles. The minimum Gasteiger partial charge on any atom is -0.377 e. The second-order valence-electron chi connectivity index (χ2n) is 5.30. The van der Waals surface area contributed by atoms with Crippen molar-refractivity contribution in [3.63, 3.8) is 0 Å². The predicted molar refractivity (Wildman–Crippen MR) is 86.9 cm³/mol. The van der Waals surface area contributed by atoms with Crippen LogP contribution >= 0.6 is 0 Å². The largest absolute Gasteiger partial charge is 0.377 e. The second-order valence-corrected chi connectivity index (χ2v) is 5.30. The summed E-state index contributed by atoms with van der Waals surface area (Å²) in [5.74, 6) is -0.0563. The van der Waals surface area contributed by atoms with Gasteiger partial charge in [0.15, 0.2) is 0 Å². The Labute approximate surface area is 120 Å². The van der Waals surface area contributed by atoms with Crippen molar-refractivity contribution in [2.75, 3.05) is 43.3 Å². The highest BCUT2D eigenvalue weighted by Crippen LogP contribution is 2.37. The van der Waals surface area contributed by atoms with E-state index in [2.05, 4.69) is 21.2 Å². The van der Waals surface area contributed by atoms with Gasteiger partial charge in [-0.2, -0.15) is 0 Å². The van der Waals surface area contributed by atoms with Crippen LogP contribution in [0.15, 0.2) is 30.3 Å². The molecule has 2 aromatic carbocycles. The van der Waals surface area contributed by atoms with Gasteiger partial charge in [0, 0.05) is 62.9 Å². The fourth-order valence-electron chi connectivity index (χ4n) is 2.41. The molecule has 0 unspecified atom stereocenters. The molecule has 20 heavy (non-hydrogen) atoms. The first-order chi connectivity index (χ1) is 9.41. The zero-order valence-corrected chi connectivity index (χ0v) is 12.7. The van der Waals surface area contributed by atoms with Crippen molar-refractivity contribution in [2.24, 2.45) is 0 Å². The fourth-order valence-corrected chi connectivity index (χ4v) is 2.41. The van der Waals surface area contributed by atoms with E-state index in [-0.39, 0.29) is 5.91 Å².